The SMILES string of the molecule is CCC1CN(S(=O)(=O)c2cccc(CO)c2)CCO1. The Morgan fingerprint density at radius 1 is 1.47 bits per heavy atom. The maximum atomic E-state index is 12.5. The van der Waals surface area contributed by atoms with E-state index in [1.165, 1.54) is 10.4 Å². The van der Waals surface area contributed by atoms with Gasteiger partial charge in [0.25, 0.3) is 0 Å². The smallest absolute Gasteiger partial charge is 0.243 e. The maximum Gasteiger partial charge on any atom is 0.243 e. The van der Waals surface area contributed by atoms with E-state index in [2.05, 4.69) is 0 Å². The van der Waals surface area contributed by atoms with Crippen LogP contribution in [0.2, 0.25) is 0 Å². The Balaban J connectivity index is 2.25. The van der Waals surface area contributed by atoms with E-state index in [0.29, 0.717) is 25.3 Å². The zero-order valence-electron chi connectivity index (χ0n) is 10.9. The summed E-state index contributed by atoms with van der Waals surface area (Å²) in [5.74, 6) is 0. The number of hydrogen-bond donors (Lipinski definition) is 1. The fourth-order valence-corrected chi connectivity index (χ4v) is 3.64. The van der Waals surface area contributed by atoms with E-state index in [-0.39, 0.29) is 17.6 Å². The average molecular weight is 285 g/mol. The van der Waals surface area contributed by atoms with Gasteiger partial charge in [-0.15, -0.1) is 0 Å². The standard InChI is InChI=1S/C13H19NO4S/c1-2-12-9-14(6-7-18-12)19(16,17)13-5-3-4-11(8-13)10-15/h3-5,8,12,15H,2,6-7,9-10H2,1H3. The van der Waals surface area contributed by atoms with E-state index in [1.807, 2.05) is 6.92 Å². The molecule has 0 saturated carbocycles. The average Bonchev–Trinajstić information content (AvgIpc) is 2.47. The van der Waals surface area contributed by atoms with Crippen molar-refractivity contribution >= 4 is 10.0 Å². The minimum Gasteiger partial charge on any atom is -0.392 e. The van der Waals surface area contributed by atoms with Crippen molar-refractivity contribution < 1.29 is 18.3 Å². The normalized spacial score (nSPS) is 21.5. The molecule has 1 unspecified atom stereocenters. The molecule has 1 aromatic carbocycles. The van der Waals surface area contributed by atoms with Gasteiger partial charge in [0.05, 0.1) is 24.2 Å². The van der Waals surface area contributed by atoms with Crippen molar-refractivity contribution in [1.29, 1.82) is 0 Å². The molecule has 1 aliphatic rings. The third-order valence-corrected chi connectivity index (χ3v) is 5.14. The third-order valence-electron chi connectivity index (χ3n) is 3.28. The van der Waals surface area contributed by atoms with Crippen molar-refractivity contribution in [3.8, 4) is 0 Å². The summed E-state index contributed by atoms with van der Waals surface area (Å²) in [6.07, 6.45) is 0.757. The minimum atomic E-state index is -3.50. The lowest BCUT2D eigenvalue weighted by atomic mass is 10.2. The molecule has 1 atom stereocenters. The quantitative estimate of drug-likeness (QED) is 0.895. The van der Waals surface area contributed by atoms with Crippen LogP contribution in [-0.2, 0) is 21.4 Å². The summed E-state index contributed by atoms with van der Waals surface area (Å²) in [4.78, 5) is 0.232. The van der Waals surface area contributed by atoms with Gasteiger partial charge in [-0.3, -0.25) is 0 Å². The van der Waals surface area contributed by atoms with Gasteiger partial charge in [0.1, 0.15) is 0 Å². The van der Waals surface area contributed by atoms with Crippen molar-refractivity contribution in [2.75, 3.05) is 19.7 Å². The first-order valence-corrected chi connectivity index (χ1v) is 7.83. The highest BCUT2D eigenvalue weighted by atomic mass is 32.2. The molecule has 0 amide bonds. The molecular formula is C13H19NO4S. The summed E-state index contributed by atoms with van der Waals surface area (Å²) < 4.78 is 32.0. The van der Waals surface area contributed by atoms with Gasteiger partial charge in [-0.2, -0.15) is 4.31 Å². The Morgan fingerprint density at radius 3 is 2.95 bits per heavy atom. The van der Waals surface area contributed by atoms with E-state index in [4.69, 9.17) is 9.84 Å². The summed E-state index contributed by atoms with van der Waals surface area (Å²) >= 11 is 0. The van der Waals surface area contributed by atoms with Gasteiger partial charge >= 0.3 is 0 Å². The summed E-state index contributed by atoms with van der Waals surface area (Å²) in [5.41, 5.74) is 0.598. The van der Waals surface area contributed by atoms with Crippen molar-refractivity contribution in [2.24, 2.45) is 0 Å². The van der Waals surface area contributed by atoms with Gasteiger partial charge in [0.15, 0.2) is 0 Å². The highest BCUT2D eigenvalue weighted by Gasteiger charge is 2.30. The van der Waals surface area contributed by atoms with Crippen LogP contribution in [0.25, 0.3) is 0 Å². The van der Waals surface area contributed by atoms with E-state index < -0.39 is 10.0 Å². The predicted octanol–water partition coefficient (Wildman–Crippen LogP) is 0.978. The van der Waals surface area contributed by atoms with Crippen LogP contribution < -0.4 is 0 Å². The van der Waals surface area contributed by atoms with Gasteiger partial charge < -0.3 is 9.84 Å². The molecule has 0 bridgehead atoms. The maximum absolute atomic E-state index is 12.5. The molecule has 1 saturated heterocycles. The molecule has 1 heterocycles. The monoisotopic (exact) mass is 285 g/mol. The second-order valence-corrected chi connectivity index (χ2v) is 6.51. The summed E-state index contributed by atoms with van der Waals surface area (Å²) in [6, 6.07) is 6.43. The van der Waals surface area contributed by atoms with Crippen LogP contribution in [0.3, 0.4) is 0 Å². The van der Waals surface area contributed by atoms with Crippen molar-refractivity contribution in [1.82, 2.24) is 4.31 Å². The van der Waals surface area contributed by atoms with Gasteiger partial charge in [-0.25, -0.2) is 8.42 Å². The summed E-state index contributed by atoms with van der Waals surface area (Å²) in [5, 5.41) is 9.09. The molecule has 5 nitrogen and oxygen atoms in total. The van der Waals surface area contributed by atoms with Crippen LogP contribution >= 0.6 is 0 Å². The van der Waals surface area contributed by atoms with Crippen LogP contribution in [0.15, 0.2) is 29.2 Å². The lowest BCUT2D eigenvalue weighted by Gasteiger charge is -2.31. The zero-order chi connectivity index (χ0) is 13.9. The second kappa shape index (κ2) is 6.00. The molecule has 106 valence electrons. The summed E-state index contributed by atoms with van der Waals surface area (Å²) in [7, 11) is -3.50. The number of nitrogens with zero attached hydrogens (tertiary/aromatic N) is 1. The number of aliphatic hydroxyl groups is 1. The molecule has 2 rings (SSSR count). The van der Waals surface area contributed by atoms with Crippen LogP contribution in [0, 0.1) is 0 Å². The van der Waals surface area contributed by atoms with Gasteiger partial charge in [0.2, 0.25) is 10.0 Å². The first-order valence-electron chi connectivity index (χ1n) is 6.39. The molecule has 6 heteroatoms. The van der Waals surface area contributed by atoms with Gasteiger partial charge in [-0.05, 0) is 24.1 Å². The molecule has 0 aromatic heterocycles. The highest BCUT2D eigenvalue weighted by molar-refractivity contribution is 7.89. The highest BCUT2D eigenvalue weighted by Crippen LogP contribution is 2.20. The number of hydrogen-bond acceptors (Lipinski definition) is 4. The van der Waals surface area contributed by atoms with Crippen LogP contribution in [0.5, 0.6) is 0 Å². The zero-order valence-corrected chi connectivity index (χ0v) is 11.8. The number of aliphatic hydroxyl groups excluding tert-OH is 1. The topological polar surface area (TPSA) is 66.8 Å². The van der Waals surface area contributed by atoms with Crippen LogP contribution in [0.1, 0.15) is 18.9 Å². The molecule has 0 radical (unpaired) electrons. The van der Waals surface area contributed by atoms with Crippen molar-refractivity contribution in [3.63, 3.8) is 0 Å². The molecule has 1 N–H and O–H groups in total. The number of morpholine rings is 1. The summed E-state index contributed by atoms with van der Waals surface area (Å²) in [6.45, 7) is 3.01. The Bertz CT molecular complexity index is 529. The molecule has 1 aliphatic heterocycles. The second-order valence-electron chi connectivity index (χ2n) is 4.57. The van der Waals surface area contributed by atoms with E-state index in [9.17, 15) is 8.42 Å². The molecule has 0 aliphatic carbocycles. The lowest BCUT2D eigenvalue weighted by molar-refractivity contribution is -0.00278. The van der Waals surface area contributed by atoms with Crippen LogP contribution in [-0.4, -0.2) is 43.6 Å². The van der Waals surface area contributed by atoms with E-state index in [1.54, 1.807) is 18.2 Å². The lowest BCUT2D eigenvalue weighted by Crippen LogP contribution is -2.45. The number of benzene rings is 1. The Kier molecular flexibility index (Phi) is 4.57. The van der Waals surface area contributed by atoms with Gasteiger partial charge in [0, 0.05) is 13.1 Å². The predicted molar refractivity (Wildman–Crippen MR) is 71.2 cm³/mol. The first-order chi connectivity index (χ1) is 9.07. The molecular weight excluding hydrogens is 266 g/mol. The Hall–Kier alpha value is -0.950. The first kappa shape index (κ1) is 14.5. The van der Waals surface area contributed by atoms with Crippen LogP contribution in [0.4, 0.5) is 0 Å². The Morgan fingerprint density at radius 2 is 2.26 bits per heavy atom. The number of ether oxygens (including phenoxy) is 1. The van der Waals surface area contributed by atoms with Gasteiger partial charge in [-0.1, -0.05) is 19.1 Å². The van der Waals surface area contributed by atoms with Crippen molar-refractivity contribution in [2.45, 2.75) is 31.0 Å². The molecule has 1 aromatic rings. The molecule has 19 heavy (non-hydrogen) atoms. The third kappa shape index (κ3) is 3.14. The molecule has 0 spiro atoms. The number of sulfonamides is 1. The molecule has 1 fully saturated rings. The minimum absolute atomic E-state index is 0.0375. The number of rotatable bonds is 4. The fraction of sp³-hybridized carbons (Fsp3) is 0.538. The fourth-order valence-electron chi connectivity index (χ4n) is 2.11. The van der Waals surface area contributed by atoms with E-state index in [0.717, 1.165) is 6.42 Å². The Labute approximate surface area is 113 Å². The van der Waals surface area contributed by atoms with E-state index >= 15 is 0 Å². The van der Waals surface area contributed by atoms with Crippen molar-refractivity contribution in [3.05, 3.63) is 29.8 Å². The largest absolute Gasteiger partial charge is 0.392 e.